The molecule has 0 saturated carbocycles. The van der Waals surface area contributed by atoms with Crippen LogP contribution in [-0.4, -0.2) is 32.4 Å². The van der Waals surface area contributed by atoms with Gasteiger partial charge >= 0.3 is 6.18 Å². The van der Waals surface area contributed by atoms with Crippen LogP contribution in [0, 0.1) is 5.92 Å². The van der Waals surface area contributed by atoms with Crippen LogP contribution >= 0.6 is 11.3 Å². The third-order valence-corrected chi connectivity index (χ3v) is 6.39. The predicted molar refractivity (Wildman–Crippen MR) is 98.5 cm³/mol. The van der Waals surface area contributed by atoms with Crippen molar-refractivity contribution in [2.75, 3.05) is 23.3 Å². The van der Waals surface area contributed by atoms with Gasteiger partial charge in [0.15, 0.2) is 5.13 Å². The van der Waals surface area contributed by atoms with Crippen LogP contribution in [0.15, 0.2) is 35.4 Å². The molecular weight excluding hydrogens is 417 g/mol. The summed E-state index contributed by atoms with van der Waals surface area (Å²) < 4.78 is 60.6. The number of sulfonamides is 1. The molecule has 7 nitrogen and oxygen atoms in total. The number of hydrogen-bond donors (Lipinski definition) is 2. The Morgan fingerprint density at radius 2 is 1.82 bits per heavy atom. The first-order chi connectivity index (χ1) is 13.0. The third-order valence-electron chi connectivity index (χ3n) is 4.36. The summed E-state index contributed by atoms with van der Waals surface area (Å²) in [6, 6.07) is 5.49. The number of carbonyl (C=O) groups is 1. The van der Waals surface area contributed by atoms with Gasteiger partial charge in [-0.3, -0.25) is 4.79 Å². The van der Waals surface area contributed by atoms with Gasteiger partial charge < -0.3 is 10.2 Å². The number of rotatable bonds is 4. The number of alkyl halides is 3. The second-order valence-electron chi connectivity index (χ2n) is 6.32. The predicted octanol–water partition coefficient (Wildman–Crippen LogP) is 2.66. The Morgan fingerprint density at radius 1 is 1.21 bits per heavy atom. The van der Waals surface area contributed by atoms with E-state index in [0.717, 1.165) is 6.20 Å². The summed E-state index contributed by atoms with van der Waals surface area (Å²) in [7, 11) is -3.80. The van der Waals surface area contributed by atoms with E-state index < -0.39 is 21.1 Å². The number of halogens is 3. The van der Waals surface area contributed by atoms with Gasteiger partial charge in [-0.25, -0.2) is 18.5 Å². The molecule has 2 aromatic rings. The van der Waals surface area contributed by atoms with Crippen LogP contribution in [0.1, 0.15) is 17.7 Å². The molecule has 1 aromatic carbocycles. The largest absolute Gasteiger partial charge is 0.427 e. The number of amides is 1. The Bertz CT molecular complexity index is 950. The molecule has 3 rings (SSSR count). The molecule has 0 atom stereocenters. The Balaban J connectivity index is 1.56. The molecule has 1 aliphatic heterocycles. The summed E-state index contributed by atoms with van der Waals surface area (Å²) in [6.45, 7) is 0.848. The minimum Gasteiger partial charge on any atom is -0.348 e. The van der Waals surface area contributed by atoms with E-state index in [1.54, 1.807) is 4.90 Å². The van der Waals surface area contributed by atoms with Crippen molar-refractivity contribution >= 4 is 38.1 Å². The van der Waals surface area contributed by atoms with E-state index in [2.05, 4.69) is 10.3 Å². The van der Waals surface area contributed by atoms with Crippen LogP contribution in [0.25, 0.3) is 0 Å². The molecule has 152 valence electrons. The number of nitrogens with two attached hydrogens (primary N) is 1. The van der Waals surface area contributed by atoms with Gasteiger partial charge in [0.2, 0.25) is 15.9 Å². The van der Waals surface area contributed by atoms with Crippen LogP contribution in [0.2, 0.25) is 0 Å². The highest BCUT2D eigenvalue weighted by molar-refractivity contribution is 7.89. The second kappa shape index (κ2) is 7.68. The van der Waals surface area contributed by atoms with E-state index >= 15 is 0 Å². The number of benzene rings is 1. The number of carbonyl (C=O) groups excluding carboxylic acids is 1. The fourth-order valence-corrected chi connectivity index (χ4v) is 4.20. The van der Waals surface area contributed by atoms with Crippen molar-refractivity contribution in [2.45, 2.75) is 23.9 Å². The average molecular weight is 434 g/mol. The number of piperidine rings is 1. The smallest absolute Gasteiger partial charge is 0.348 e. The van der Waals surface area contributed by atoms with E-state index in [1.807, 2.05) is 0 Å². The Hall–Kier alpha value is -2.18. The van der Waals surface area contributed by atoms with Crippen LogP contribution in [0.3, 0.4) is 0 Å². The first kappa shape index (κ1) is 20.6. The molecule has 1 fully saturated rings. The molecule has 1 amide bonds. The number of aromatic nitrogens is 1. The fourth-order valence-electron chi connectivity index (χ4n) is 2.85. The second-order valence-corrected chi connectivity index (χ2v) is 8.90. The van der Waals surface area contributed by atoms with Crippen LogP contribution < -0.4 is 15.4 Å². The van der Waals surface area contributed by atoms with Crippen molar-refractivity contribution in [3.8, 4) is 0 Å². The Labute approximate surface area is 163 Å². The fraction of sp³-hybridized carbons (Fsp3) is 0.375. The SMILES string of the molecule is NS(=O)(=O)c1ccc(NC(=O)C2CCN(c3ncc(C(F)(F)F)s3)CC2)cc1. The molecule has 0 radical (unpaired) electrons. The Kier molecular flexibility index (Phi) is 5.64. The summed E-state index contributed by atoms with van der Waals surface area (Å²) in [5.74, 6) is -0.519. The third kappa shape index (κ3) is 4.80. The summed E-state index contributed by atoms with van der Waals surface area (Å²) in [5, 5.41) is 8.03. The molecule has 0 aliphatic carbocycles. The van der Waals surface area contributed by atoms with Gasteiger partial charge in [0.05, 0.1) is 11.1 Å². The average Bonchev–Trinajstić information content (AvgIpc) is 3.12. The van der Waals surface area contributed by atoms with Crippen LogP contribution in [-0.2, 0) is 21.0 Å². The molecule has 28 heavy (non-hydrogen) atoms. The number of primary sulfonamides is 1. The molecule has 0 bridgehead atoms. The van der Waals surface area contributed by atoms with Crippen molar-refractivity contribution < 1.29 is 26.4 Å². The highest BCUT2D eigenvalue weighted by Gasteiger charge is 2.34. The zero-order valence-electron chi connectivity index (χ0n) is 14.4. The van der Waals surface area contributed by atoms with E-state index in [-0.39, 0.29) is 16.7 Å². The first-order valence-electron chi connectivity index (χ1n) is 8.26. The Morgan fingerprint density at radius 3 is 2.32 bits per heavy atom. The lowest BCUT2D eigenvalue weighted by molar-refractivity contribution is -0.134. The van der Waals surface area contributed by atoms with Crippen LogP contribution in [0.4, 0.5) is 24.0 Å². The zero-order valence-corrected chi connectivity index (χ0v) is 16.1. The maximum absolute atomic E-state index is 12.7. The molecule has 12 heteroatoms. The van der Waals surface area contributed by atoms with E-state index in [1.165, 1.54) is 24.3 Å². The maximum atomic E-state index is 12.7. The van der Waals surface area contributed by atoms with Gasteiger partial charge in [-0.05, 0) is 37.1 Å². The van der Waals surface area contributed by atoms with E-state index in [0.29, 0.717) is 48.1 Å². The number of nitrogens with zero attached hydrogens (tertiary/aromatic N) is 2. The number of hydrogen-bond acceptors (Lipinski definition) is 6. The monoisotopic (exact) mass is 434 g/mol. The molecule has 2 heterocycles. The lowest BCUT2D eigenvalue weighted by Gasteiger charge is -2.31. The van der Waals surface area contributed by atoms with Crippen molar-refractivity contribution in [3.05, 3.63) is 35.3 Å². The highest BCUT2D eigenvalue weighted by atomic mass is 32.2. The maximum Gasteiger partial charge on any atom is 0.427 e. The molecule has 1 aromatic heterocycles. The quantitative estimate of drug-likeness (QED) is 0.770. The van der Waals surface area contributed by atoms with E-state index in [9.17, 15) is 26.4 Å². The van der Waals surface area contributed by atoms with Gasteiger partial charge in [-0.2, -0.15) is 13.2 Å². The topological polar surface area (TPSA) is 105 Å². The lowest BCUT2D eigenvalue weighted by atomic mass is 9.96. The number of thiazole rings is 1. The van der Waals surface area contributed by atoms with Gasteiger partial charge in [-0.1, -0.05) is 11.3 Å². The van der Waals surface area contributed by atoms with Crippen molar-refractivity contribution in [1.82, 2.24) is 4.98 Å². The minimum absolute atomic E-state index is 0.0551. The summed E-state index contributed by atoms with van der Waals surface area (Å²) in [5.41, 5.74) is 0.439. The molecule has 3 N–H and O–H groups in total. The van der Waals surface area contributed by atoms with Crippen LogP contribution in [0.5, 0.6) is 0 Å². The van der Waals surface area contributed by atoms with Gasteiger partial charge in [0, 0.05) is 24.7 Å². The van der Waals surface area contributed by atoms with Gasteiger partial charge in [-0.15, -0.1) is 0 Å². The summed E-state index contributed by atoms with van der Waals surface area (Å²) in [6.07, 6.45) is -2.64. The van der Waals surface area contributed by atoms with Crippen molar-refractivity contribution in [3.63, 3.8) is 0 Å². The summed E-state index contributed by atoms with van der Waals surface area (Å²) >= 11 is 0.592. The zero-order chi connectivity index (χ0) is 20.5. The normalized spacial score (nSPS) is 16.2. The van der Waals surface area contributed by atoms with Gasteiger partial charge in [0.25, 0.3) is 0 Å². The van der Waals surface area contributed by atoms with E-state index in [4.69, 9.17) is 5.14 Å². The lowest BCUT2D eigenvalue weighted by Crippen LogP contribution is -2.38. The molecular formula is C16H17F3N4O3S2. The molecule has 1 saturated heterocycles. The highest BCUT2D eigenvalue weighted by Crippen LogP contribution is 2.37. The molecule has 0 spiro atoms. The standard InChI is InChI=1S/C16H17F3N4O3S2/c17-16(18,19)13-9-21-15(27-13)23-7-5-10(6-8-23)14(24)22-11-1-3-12(4-2-11)28(20,25)26/h1-4,9-10H,5-8H2,(H,22,24)(H2,20,25,26). The first-order valence-corrected chi connectivity index (χ1v) is 10.6. The molecule has 0 unspecified atom stereocenters. The number of anilines is 2. The summed E-state index contributed by atoms with van der Waals surface area (Å²) in [4.78, 5) is 17.2. The van der Waals surface area contributed by atoms with Crippen molar-refractivity contribution in [1.29, 1.82) is 0 Å². The van der Waals surface area contributed by atoms with Gasteiger partial charge in [0.1, 0.15) is 4.88 Å². The van der Waals surface area contributed by atoms with Crippen molar-refractivity contribution in [2.24, 2.45) is 11.1 Å². The molecule has 1 aliphatic rings. The minimum atomic E-state index is -4.41. The number of nitrogens with one attached hydrogen (secondary N) is 1.